The van der Waals surface area contributed by atoms with Gasteiger partial charge in [-0.05, 0) is 30.6 Å². The smallest absolute Gasteiger partial charge is 0.222 e. The van der Waals surface area contributed by atoms with Crippen molar-refractivity contribution < 1.29 is 4.79 Å². The highest BCUT2D eigenvalue weighted by Gasteiger charge is 2.16. The molecule has 0 aromatic carbocycles. The number of nitrogens with zero attached hydrogens (tertiary/aromatic N) is 1. The van der Waals surface area contributed by atoms with Crippen molar-refractivity contribution in [3.05, 3.63) is 0 Å². The van der Waals surface area contributed by atoms with Crippen LogP contribution in [0.25, 0.3) is 0 Å². The van der Waals surface area contributed by atoms with Crippen LogP contribution in [0.15, 0.2) is 0 Å². The van der Waals surface area contributed by atoms with E-state index in [0.717, 1.165) is 19.4 Å². The average molecular weight is 256 g/mol. The SMILES string of the molecule is CC(C)CC(C)CC(=O)N(C)CCC(N)C(C)C. The molecule has 2 N–H and O–H groups in total. The molecule has 0 saturated heterocycles. The molecule has 0 aliphatic heterocycles. The van der Waals surface area contributed by atoms with Gasteiger partial charge in [0, 0.05) is 26.1 Å². The van der Waals surface area contributed by atoms with E-state index in [-0.39, 0.29) is 11.9 Å². The second-order valence-corrected chi connectivity index (χ2v) is 6.45. The van der Waals surface area contributed by atoms with Gasteiger partial charge in [0.05, 0.1) is 0 Å². The maximum atomic E-state index is 12.0. The first-order chi connectivity index (χ1) is 8.23. The molecule has 0 heterocycles. The van der Waals surface area contributed by atoms with Crippen molar-refractivity contribution in [2.24, 2.45) is 23.5 Å². The second kappa shape index (κ2) is 8.52. The third-order valence-electron chi connectivity index (χ3n) is 3.48. The van der Waals surface area contributed by atoms with E-state index in [4.69, 9.17) is 5.73 Å². The van der Waals surface area contributed by atoms with E-state index >= 15 is 0 Å². The molecule has 0 aromatic rings. The molecule has 0 radical (unpaired) electrons. The lowest BCUT2D eigenvalue weighted by molar-refractivity contribution is -0.131. The van der Waals surface area contributed by atoms with Crippen LogP contribution in [-0.4, -0.2) is 30.4 Å². The van der Waals surface area contributed by atoms with Crippen molar-refractivity contribution in [1.82, 2.24) is 4.90 Å². The molecule has 0 aliphatic rings. The summed E-state index contributed by atoms with van der Waals surface area (Å²) in [6.45, 7) is 11.6. The summed E-state index contributed by atoms with van der Waals surface area (Å²) in [5.74, 6) is 1.86. The summed E-state index contributed by atoms with van der Waals surface area (Å²) in [5.41, 5.74) is 5.99. The number of nitrogens with two attached hydrogens (primary N) is 1. The predicted molar refractivity (Wildman–Crippen MR) is 78.3 cm³/mol. The highest BCUT2D eigenvalue weighted by molar-refractivity contribution is 5.76. The Hall–Kier alpha value is -0.570. The van der Waals surface area contributed by atoms with Gasteiger partial charge >= 0.3 is 0 Å². The molecule has 0 aliphatic carbocycles. The van der Waals surface area contributed by atoms with E-state index < -0.39 is 0 Å². The van der Waals surface area contributed by atoms with Gasteiger partial charge in [-0.2, -0.15) is 0 Å². The number of rotatable bonds is 8. The fraction of sp³-hybridized carbons (Fsp3) is 0.933. The zero-order valence-electron chi connectivity index (χ0n) is 13.1. The van der Waals surface area contributed by atoms with Crippen LogP contribution in [0, 0.1) is 17.8 Å². The molecule has 0 spiro atoms. The fourth-order valence-corrected chi connectivity index (χ4v) is 2.14. The summed E-state index contributed by atoms with van der Waals surface area (Å²) in [7, 11) is 1.89. The first-order valence-electron chi connectivity index (χ1n) is 7.23. The molecule has 0 rings (SSSR count). The van der Waals surface area contributed by atoms with Crippen molar-refractivity contribution in [2.45, 2.75) is 59.9 Å². The molecule has 3 nitrogen and oxygen atoms in total. The second-order valence-electron chi connectivity index (χ2n) is 6.45. The largest absolute Gasteiger partial charge is 0.346 e. The van der Waals surface area contributed by atoms with Gasteiger partial charge in [0.25, 0.3) is 0 Å². The van der Waals surface area contributed by atoms with Gasteiger partial charge in [-0.15, -0.1) is 0 Å². The first-order valence-corrected chi connectivity index (χ1v) is 7.23. The Labute approximate surface area is 113 Å². The fourth-order valence-electron chi connectivity index (χ4n) is 2.14. The van der Waals surface area contributed by atoms with Crippen LogP contribution >= 0.6 is 0 Å². The minimum absolute atomic E-state index is 0.188. The minimum Gasteiger partial charge on any atom is -0.346 e. The quantitative estimate of drug-likeness (QED) is 0.726. The Kier molecular flexibility index (Phi) is 8.25. The molecule has 3 heteroatoms. The van der Waals surface area contributed by atoms with Crippen molar-refractivity contribution in [2.75, 3.05) is 13.6 Å². The monoisotopic (exact) mass is 256 g/mol. The third-order valence-corrected chi connectivity index (χ3v) is 3.48. The van der Waals surface area contributed by atoms with E-state index in [9.17, 15) is 4.79 Å². The Bertz CT molecular complexity index is 239. The lowest BCUT2D eigenvalue weighted by Gasteiger charge is -2.23. The third kappa shape index (κ3) is 7.70. The van der Waals surface area contributed by atoms with Gasteiger partial charge in [-0.1, -0.05) is 34.6 Å². The molecule has 0 fully saturated rings. The Morgan fingerprint density at radius 2 is 1.72 bits per heavy atom. The van der Waals surface area contributed by atoms with Crippen LogP contribution in [0.2, 0.25) is 0 Å². The summed E-state index contributed by atoms with van der Waals surface area (Å²) < 4.78 is 0. The number of amides is 1. The normalized spacial score (nSPS) is 14.9. The highest BCUT2D eigenvalue weighted by Crippen LogP contribution is 2.15. The van der Waals surface area contributed by atoms with E-state index in [1.54, 1.807) is 0 Å². The zero-order chi connectivity index (χ0) is 14.3. The molecule has 2 unspecified atom stereocenters. The summed E-state index contributed by atoms with van der Waals surface area (Å²) in [6.07, 6.45) is 2.66. The molecular weight excluding hydrogens is 224 g/mol. The topological polar surface area (TPSA) is 46.3 Å². The van der Waals surface area contributed by atoms with E-state index in [1.807, 2.05) is 11.9 Å². The molecule has 2 atom stereocenters. The predicted octanol–water partition coefficient (Wildman–Crippen LogP) is 2.89. The van der Waals surface area contributed by atoms with Crippen molar-refractivity contribution in [1.29, 1.82) is 0 Å². The molecule has 108 valence electrons. The highest BCUT2D eigenvalue weighted by atomic mass is 16.2. The summed E-state index contributed by atoms with van der Waals surface area (Å²) in [5, 5.41) is 0. The molecule has 0 aromatic heterocycles. The molecule has 0 saturated carbocycles. The van der Waals surface area contributed by atoms with Crippen LogP contribution in [0.3, 0.4) is 0 Å². The van der Waals surface area contributed by atoms with Crippen molar-refractivity contribution >= 4 is 5.91 Å². The van der Waals surface area contributed by atoms with Crippen LogP contribution < -0.4 is 5.73 Å². The van der Waals surface area contributed by atoms with Gasteiger partial charge < -0.3 is 10.6 Å². The minimum atomic E-state index is 0.188. The summed E-state index contributed by atoms with van der Waals surface area (Å²) >= 11 is 0. The maximum absolute atomic E-state index is 12.0. The maximum Gasteiger partial charge on any atom is 0.222 e. The van der Waals surface area contributed by atoms with Gasteiger partial charge in [-0.25, -0.2) is 0 Å². The van der Waals surface area contributed by atoms with Gasteiger partial charge in [0.2, 0.25) is 5.91 Å². The van der Waals surface area contributed by atoms with Crippen LogP contribution in [0.5, 0.6) is 0 Å². The van der Waals surface area contributed by atoms with Gasteiger partial charge in [0.15, 0.2) is 0 Å². The van der Waals surface area contributed by atoms with E-state index in [0.29, 0.717) is 24.2 Å². The number of carbonyl (C=O) groups excluding carboxylic acids is 1. The summed E-state index contributed by atoms with van der Waals surface area (Å²) in [4.78, 5) is 13.8. The number of hydrogen-bond donors (Lipinski definition) is 1. The van der Waals surface area contributed by atoms with Crippen molar-refractivity contribution in [3.8, 4) is 0 Å². The van der Waals surface area contributed by atoms with E-state index in [2.05, 4.69) is 34.6 Å². The van der Waals surface area contributed by atoms with Crippen molar-refractivity contribution in [3.63, 3.8) is 0 Å². The van der Waals surface area contributed by atoms with Crippen LogP contribution in [0.4, 0.5) is 0 Å². The molecular formula is C15H32N2O. The Balaban J connectivity index is 3.96. The summed E-state index contributed by atoms with van der Waals surface area (Å²) in [6, 6.07) is 0.188. The molecule has 0 bridgehead atoms. The van der Waals surface area contributed by atoms with Crippen LogP contribution in [0.1, 0.15) is 53.9 Å². The number of hydrogen-bond acceptors (Lipinski definition) is 2. The van der Waals surface area contributed by atoms with Gasteiger partial charge in [-0.3, -0.25) is 4.79 Å². The van der Waals surface area contributed by atoms with E-state index in [1.165, 1.54) is 0 Å². The Morgan fingerprint density at radius 3 is 2.17 bits per heavy atom. The average Bonchev–Trinajstić information content (AvgIpc) is 2.23. The Morgan fingerprint density at radius 1 is 1.17 bits per heavy atom. The number of carbonyl (C=O) groups is 1. The lowest BCUT2D eigenvalue weighted by atomic mass is 9.95. The zero-order valence-corrected chi connectivity index (χ0v) is 13.1. The molecule has 18 heavy (non-hydrogen) atoms. The lowest BCUT2D eigenvalue weighted by Crippen LogP contribution is -2.35. The standard InChI is InChI=1S/C15H32N2O/c1-11(2)9-13(5)10-15(18)17(6)8-7-14(16)12(3)4/h11-14H,7-10,16H2,1-6H3. The first kappa shape index (κ1) is 17.4. The van der Waals surface area contributed by atoms with Crippen LogP contribution in [-0.2, 0) is 4.79 Å². The van der Waals surface area contributed by atoms with Gasteiger partial charge in [0.1, 0.15) is 0 Å². The molecule has 1 amide bonds.